The van der Waals surface area contributed by atoms with Crippen LogP contribution in [0.25, 0.3) is 0 Å². The monoisotopic (exact) mass is 235 g/mol. The molecule has 2 fully saturated rings. The van der Waals surface area contributed by atoms with Gasteiger partial charge in [-0.25, -0.2) is 9.37 Å². The van der Waals surface area contributed by atoms with Gasteiger partial charge in [-0.3, -0.25) is 0 Å². The van der Waals surface area contributed by atoms with Crippen LogP contribution in [0.4, 0.5) is 10.2 Å². The summed E-state index contributed by atoms with van der Waals surface area (Å²) in [5.41, 5.74) is 0. The number of rotatable bonds is 2. The topological polar surface area (TPSA) is 28.2 Å². The predicted molar refractivity (Wildman–Crippen MR) is 65.4 cm³/mol. The van der Waals surface area contributed by atoms with E-state index in [1.807, 2.05) is 0 Å². The van der Waals surface area contributed by atoms with E-state index in [0.29, 0.717) is 17.9 Å². The first-order valence-corrected chi connectivity index (χ1v) is 6.44. The zero-order chi connectivity index (χ0) is 11.7. The number of nitrogens with zero attached hydrogens (tertiary/aromatic N) is 2. The molecule has 92 valence electrons. The van der Waals surface area contributed by atoms with Crippen molar-refractivity contribution in [1.29, 1.82) is 0 Å². The summed E-state index contributed by atoms with van der Waals surface area (Å²) in [6, 6.07) is 4.16. The number of anilines is 1. The molecule has 0 aromatic carbocycles. The van der Waals surface area contributed by atoms with Crippen molar-refractivity contribution in [3.63, 3.8) is 0 Å². The maximum atomic E-state index is 13.5. The van der Waals surface area contributed by atoms with Crippen molar-refractivity contribution >= 4 is 5.82 Å². The SMILES string of the molecule is Fc1cccnc1NC1CCN2CCCC2C1. The summed E-state index contributed by atoms with van der Waals surface area (Å²) >= 11 is 0. The van der Waals surface area contributed by atoms with Gasteiger partial charge in [0.15, 0.2) is 11.6 Å². The normalized spacial score (nSPS) is 29.0. The minimum Gasteiger partial charge on any atom is -0.365 e. The molecule has 4 heteroatoms. The number of fused-ring (bicyclic) bond motifs is 1. The Hall–Kier alpha value is -1.16. The second-order valence-corrected chi connectivity index (χ2v) is 5.03. The number of nitrogens with one attached hydrogen (secondary N) is 1. The van der Waals surface area contributed by atoms with E-state index < -0.39 is 0 Å². The number of aromatic nitrogens is 1. The highest BCUT2D eigenvalue weighted by atomic mass is 19.1. The van der Waals surface area contributed by atoms with Gasteiger partial charge in [-0.1, -0.05) is 0 Å². The largest absolute Gasteiger partial charge is 0.365 e. The number of hydrogen-bond acceptors (Lipinski definition) is 3. The Morgan fingerprint density at radius 1 is 1.35 bits per heavy atom. The van der Waals surface area contributed by atoms with E-state index in [-0.39, 0.29) is 5.82 Å². The fourth-order valence-corrected chi connectivity index (χ4v) is 3.04. The van der Waals surface area contributed by atoms with Crippen molar-refractivity contribution in [3.05, 3.63) is 24.1 Å². The Balaban J connectivity index is 1.64. The first-order valence-electron chi connectivity index (χ1n) is 6.44. The first-order chi connectivity index (χ1) is 8.33. The Morgan fingerprint density at radius 3 is 3.18 bits per heavy atom. The van der Waals surface area contributed by atoms with Crippen molar-refractivity contribution in [2.75, 3.05) is 18.4 Å². The van der Waals surface area contributed by atoms with Gasteiger partial charge in [0.25, 0.3) is 0 Å². The summed E-state index contributed by atoms with van der Waals surface area (Å²) < 4.78 is 13.5. The fraction of sp³-hybridized carbons (Fsp3) is 0.615. The highest BCUT2D eigenvalue weighted by molar-refractivity contribution is 5.36. The van der Waals surface area contributed by atoms with Crippen molar-refractivity contribution in [3.8, 4) is 0 Å². The summed E-state index contributed by atoms with van der Waals surface area (Å²) in [5.74, 6) is 0.158. The highest BCUT2D eigenvalue weighted by Crippen LogP contribution is 2.28. The van der Waals surface area contributed by atoms with Crippen molar-refractivity contribution in [1.82, 2.24) is 9.88 Å². The average molecular weight is 235 g/mol. The number of piperidine rings is 1. The Labute approximate surface area is 101 Å². The van der Waals surface area contributed by atoms with Crippen LogP contribution in [-0.4, -0.2) is 35.1 Å². The third-order valence-corrected chi connectivity index (χ3v) is 3.92. The minimum absolute atomic E-state index is 0.249. The van der Waals surface area contributed by atoms with Gasteiger partial charge in [0.1, 0.15) is 0 Å². The van der Waals surface area contributed by atoms with E-state index >= 15 is 0 Å². The van der Waals surface area contributed by atoms with Crippen molar-refractivity contribution in [2.45, 2.75) is 37.8 Å². The summed E-state index contributed by atoms with van der Waals surface area (Å²) in [6.07, 6.45) is 6.46. The minimum atomic E-state index is -0.249. The Bertz CT molecular complexity index is 396. The highest BCUT2D eigenvalue weighted by Gasteiger charge is 2.31. The second kappa shape index (κ2) is 4.61. The van der Waals surface area contributed by atoms with E-state index in [0.717, 1.165) is 19.4 Å². The molecule has 2 aliphatic rings. The lowest BCUT2D eigenvalue weighted by molar-refractivity contribution is 0.188. The predicted octanol–water partition coefficient (Wildman–Crippen LogP) is 2.26. The smallest absolute Gasteiger partial charge is 0.165 e. The molecule has 0 aliphatic carbocycles. The lowest BCUT2D eigenvalue weighted by Gasteiger charge is -2.35. The van der Waals surface area contributed by atoms with Crippen LogP contribution in [0.2, 0.25) is 0 Å². The second-order valence-electron chi connectivity index (χ2n) is 5.03. The van der Waals surface area contributed by atoms with Gasteiger partial charge in [-0.2, -0.15) is 0 Å². The van der Waals surface area contributed by atoms with Gasteiger partial charge in [-0.15, -0.1) is 0 Å². The molecule has 2 atom stereocenters. The molecule has 3 heterocycles. The first kappa shape index (κ1) is 11.0. The van der Waals surface area contributed by atoms with Crippen LogP contribution in [0.3, 0.4) is 0 Å². The van der Waals surface area contributed by atoms with Crippen LogP contribution in [-0.2, 0) is 0 Å². The van der Waals surface area contributed by atoms with E-state index in [1.54, 1.807) is 12.3 Å². The zero-order valence-electron chi connectivity index (χ0n) is 9.90. The molecule has 3 rings (SSSR count). The number of pyridine rings is 1. The van der Waals surface area contributed by atoms with E-state index in [2.05, 4.69) is 15.2 Å². The van der Waals surface area contributed by atoms with Gasteiger partial charge >= 0.3 is 0 Å². The van der Waals surface area contributed by atoms with Gasteiger partial charge in [0, 0.05) is 24.8 Å². The molecule has 1 aromatic rings. The molecular weight excluding hydrogens is 217 g/mol. The summed E-state index contributed by atoms with van der Waals surface area (Å²) in [4.78, 5) is 6.62. The molecule has 3 nitrogen and oxygen atoms in total. The maximum Gasteiger partial charge on any atom is 0.165 e. The van der Waals surface area contributed by atoms with Gasteiger partial charge < -0.3 is 10.2 Å². The summed E-state index contributed by atoms with van der Waals surface area (Å²) in [7, 11) is 0. The van der Waals surface area contributed by atoms with Gasteiger partial charge in [0.05, 0.1) is 0 Å². The average Bonchev–Trinajstić information content (AvgIpc) is 2.79. The van der Waals surface area contributed by atoms with Crippen molar-refractivity contribution < 1.29 is 4.39 Å². The van der Waals surface area contributed by atoms with Crippen LogP contribution in [0.15, 0.2) is 18.3 Å². The molecule has 1 aromatic heterocycles. The van der Waals surface area contributed by atoms with Gasteiger partial charge in [-0.05, 0) is 44.4 Å². The number of hydrogen-bond donors (Lipinski definition) is 1. The van der Waals surface area contributed by atoms with E-state index in [9.17, 15) is 4.39 Å². The molecule has 0 bridgehead atoms. The Kier molecular flexibility index (Phi) is 2.97. The molecule has 0 amide bonds. The van der Waals surface area contributed by atoms with Crippen molar-refractivity contribution in [2.24, 2.45) is 0 Å². The maximum absolute atomic E-state index is 13.5. The molecule has 2 aliphatic heterocycles. The van der Waals surface area contributed by atoms with E-state index in [4.69, 9.17) is 0 Å². The summed E-state index contributed by atoms with van der Waals surface area (Å²) in [6.45, 7) is 2.38. The van der Waals surface area contributed by atoms with Crippen LogP contribution in [0, 0.1) is 5.82 Å². The molecule has 0 spiro atoms. The zero-order valence-corrected chi connectivity index (χ0v) is 9.90. The molecule has 17 heavy (non-hydrogen) atoms. The molecule has 1 N–H and O–H groups in total. The van der Waals surface area contributed by atoms with Crippen LogP contribution in [0.5, 0.6) is 0 Å². The Morgan fingerprint density at radius 2 is 2.29 bits per heavy atom. The van der Waals surface area contributed by atoms with Gasteiger partial charge in [0.2, 0.25) is 0 Å². The molecule has 0 radical (unpaired) electrons. The van der Waals surface area contributed by atoms with E-state index in [1.165, 1.54) is 25.5 Å². The van der Waals surface area contributed by atoms with Crippen LogP contribution >= 0.6 is 0 Å². The third kappa shape index (κ3) is 2.27. The van der Waals surface area contributed by atoms with Crippen LogP contribution < -0.4 is 5.32 Å². The molecule has 2 unspecified atom stereocenters. The quantitative estimate of drug-likeness (QED) is 0.852. The molecule has 2 saturated heterocycles. The molecular formula is C13H18FN3. The van der Waals surface area contributed by atoms with Crippen LogP contribution in [0.1, 0.15) is 25.7 Å². The lowest BCUT2D eigenvalue weighted by atomic mass is 9.97. The summed E-state index contributed by atoms with van der Waals surface area (Å²) in [5, 5.41) is 3.25. The molecule has 0 saturated carbocycles. The standard InChI is InChI=1S/C13H18FN3/c14-12-4-1-6-15-13(12)16-10-5-8-17-7-2-3-11(17)9-10/h1,4,6,10-11H,2-3,5,7-9H2,(H,15,16). The fourth-order valence-electron chi connectivity index (χ4n) is 3.04. The lowest BCUT2D eigenvalue weighted by Crippen LogP contribution is -2.42. The third-order valence-electron chi connectivity index (χ3n) is 3.92. The number of halogens is 1.